The topological polar surface area (TPSA) is 15.3 Å². The third-order valence-corrected chi connectivity index (χ3v) is 4.90. The summed E-state index contributed by atoms with van der Waals surface area (Å²) < 4.78 is 0. The number of hydrogen-bond donors (Lipinski definition) is 1. The highest BCUT2D eigenvalue weighted by molar-refractivity contribution is 4.85. The smallest absolute Gasteiger partial charge is 0.0110 e. The molecule has 2 saturated carbocycles. The maximum Gasteiger partial charge on any atom is 0.0110 e. The second-order valence-corrected chi connectivity index (χ2v) is 7.36. The molecule has 2 nitrogen and oxygen atoms in total. The van der Waals surface area contributed by atoms with Crippen molar-refractivity contribution in [3.05, 3.63) is 0 Å². The van der Waals surface area contributed by atoms with E-state index in [1.807, 2.05) is 0 Å². The summed E-state index contributed by atoms with van der Waals surface area (Å²) in [7, 11) is 0. The number of rotatable bonds is 8. The molecule has 0 aliphatic heterocycles. The first-order chi connectivity index (χ1) is 9.15. The Morgan fingerprint density at radius 3 is 2.26 bits per heavy atom. The first-order valence-corrected chi connectivity index (χ1v) is 8.62. The van der Waals surface area contributed by atoms with Crippen LogP contribution in [0.1, 0.15) is 65.7 Å². The minimum absolute atomic E-state index is 0.808. The predicted molar refractivity (Wildman–Crippen MR) is 83.5 cm³/mol. The van der Waals surface area contributed by atoms with Crippen LogP contribution in [0.3, 0.4) is 0 Å². The molecule has 0 bridgehead atoms. The molecule has 2 rings (SSSR count). The summed E-state index contributed by atoms with van der Waals surface area (Å²) in [5.41, 5.74) is 0. The van der Waals surface area contributed by atoms with Crippen LogP contribution in [0, 0.1) is 11.8 Å². The summed E-state index contributed by atoms with van der Waals surface area (Å²) in [6.07, 6.45) is 9.90. The second kappa shape index (κ2) is 7.64. The zero-order valence-corrected chi connectivity index (χ0v) is 13.3. The van der Waals surface area contributed by atoms with Gasteiger partial charge in [-0.1, -0.05) is 20.8 Å². The largest absolute Gasteiger partial charge is 0.313 e. The molecular formula is C17H34N2. The Morgan fingerprint density at radius 2 is 1.68 bits per heavy atom. The molecule has 0 aromatic rings. The van der Waals surface area contributed by atoms with E-state index in [1.165, 1.54) is 64.6 Å². The van der Waals surface area contributed by atoms with E-state index in [0.29, 0.717) is 0 Å². The van der Waals surface area contributed by atoms with Gasteiger partial charge in [0.1, 0.15) is 0 Å². The van der Waals surface area contributed by atoms with Crippen molar-refractivity contribution < 1.29 is 0 Å². The molecule has 0 aromatic heterocycles. The molecule has 0 aromatic carbocycles. The van der Waals surface area contributed by atoms with Crippen LogP contribution in [0.2, 0.25) is 0 Å². The lowest BCUT2D eigenvalue weighted by Crippen LogP contribution is -2.40. The molecule has 19 heavy (non-hydrogen) atoms. The van der Waals surface area contributed by atoms with E-state index in [0.717, 1.165) is 23.9 Å². The molecule has 1 N–H and O–H groups in total. The van der Waals surface area contributed by atoms with Crippen molar-refractivity contribution >= 4 is 0 Å². The van der Waals surface area contributed by atoms with Crippen LogP contribution >= 0.6 is 0 Å². The minimum atomic E-state index is 0.808. The zero-order chi connectivity index (χ0) is 13.7. The van der Waals surface area contributed by atoms with Gasteiger partial charge in [-0.3, -0.25) is 4.90 Å². The van der Waals surface area contributed by atoms with Gasteiger partial charge in [-0.2, -0.15) is 0 Å². The standard InChI is InChI=1S/C17H34N2/c1-14(2)10-12-19(17-8-9-17)13-11-18-16-6-4-15(3)5-7-16/h14-18H,4-13H2,1-3H3. The monoisotopic (exact) mass is 266 g/mol. The summed E-state index contributed by atoms with van der Waals surface area (Å²) in [6.45, 7) is 10.9. The van der Waals surface area contributed by atoms with E-state index in [9.17, 15) is 0 Å². The first-order valence-electron chi connectivity index (χ1n) is 8.62. The van der Waals surface area contributed by atoms with Gasteiger partial charge < -0.3 is 5.32 Å². The molecule has 2 heteroatoms. The lowest BCUT2D eigenvalue weighted by molar-refractivity contribution is 0.234. The molecule has 0 spiro atoms. The van der Waals surface area contributed by atoms with E-state index in [4.69, 9.17) is 0 Å². The minimum Gasteiger partial charge on any atom is -0.313 e. The average Bonchev–Trinajstić information content (AvgIpc) is 3.20. The van der Waals surface area contributed by atoms with Crippen LogP contribution in [0.5, 0.6) is 0 Å². The summed E-state index contributed by atoms with van der Waals surface area (Å²) in [5.74, 6) is 1.81. The Morgan fingerprint density at radius 1 is 1.00 bits per heavy atom. The van der Waals surface area contributed by atoms with E-state index >= 15 is 0 Å². The Kier molecular flexibility index (Phi) is 6.15. The van der Waals surface area contributed by atoms with Gasteiger partial charge in [0.2, 0.25) is 0 Å². The lowest BCUT2D eigenvalue weighted by atomic mass is 9.87. The van der Waals surface area contributed by atoms with Crippen molar-refractivity contribution in [2.45, 2.75) is 77.8 Å². The van der Waals surface area contributed by atoms with E-state index < -0.39 is 0 Å². The molecule has 0 saturated heterocycles. The van der Waals surface area contributed by atoms with Gasteiger partial charge in [0, 0.05) is 25.2 Å². The Bertz CT molecular complexity index is 240. The fraction of sp³-hybridized carbons (Fsp3) is 1.00. The highest BCUT2D eigenvalue weighted by Gasteiger charge is 2.28. The van der Waals surface area contributed by atoms with Gasteiger partial charge in [0.05, 0.1) is 0 Å². The molecule has 2 fully saturated rings. The zero-order valence-electron chi connectivity index (χ0n) is 13.3. The number of hydrogen-bond acceptors (Lipinski definition) is 2. The Labute approximate surface area is 120 Å². The molecule has 0 radical (unpaired) electrons. The quantitative estimate of drug-likeness (QED) is 0.721. The third-order valence-electron chi connectivity index (χ3n) is 4.90. The molecule has 0 heterocycles. The first kappa shape index (κ1) is 15.3. The normalized spacial score (nSPS) is 28.3. The number of nitrogens with zero attached hydrogens (tertiary/aromatic N) is 1. The van der Waals surface area contributed by atoms with Crippen LogP contribution in [-0.2, 0) is 0 Å². The van der Waals surface area contributed by atoms with Crippen LogP contribution in [0.4, 0.5) is 0 Å². The maximum absolute atomic E-state index is 3.80. The fourth-order valence-corrected chi connectivity index (χ4v) is 3.22. The van der Waals surface area contributed by atoms with E-state index in [-0.39, 0.29) is 0 Å². The van der Waals surface area contributed by atoms with E-state index in [2.05, 4.69) is 31.0 Å². The molecule has 112 valence electrons. The maximum atomic E-state index is 3.80. The van der Waals surface area contributed by atoms with Gasteiger partial charge in [0.25, 0.3) is 0 Å². The van der Waals surface area contributed by atoms with Crippen molar-refractivity contribution in [1.82, 2.24) is 10.2 Å². The van der Waals surface area contributed by atoms with E-state index in [1.54, 1.807) is 0 Å². The molecule has 2 aliphatic carbocycles. The van der Waals surface area contributed by atoms with Crippen molar-refractivity contribution in [3.8, 4) is 0 Å². The summed E-state index contributed by atoms with van der Waals surface area (Å²) >= 11 is 0. The average molecular weight is 266 g/mol. The molecule has 2 aliphatic rings. The van der Waals surface area contributed by atoms with Gasteiger partial charge in [-0.25, -0.2) is 0 Å². The van der Waals surface area contributed by atoms with Gasteiger partial charge >= 0.3 is 0 Å². The molecule has 0 unspecified atom stereocenters. The summed E-state index contributed by atoms with van der Waals surface area (Å²) in [5, 5.41) is 3.80. The highest BCUT2D eigenvalue weighted by atomic mass is 15.2. The lowest BCUT2D eigenvalue weighted by Gasteiger charge is -2.29. The molecular weight excluding hydrogens is 232 g/mol. The van der Waals surface area contributed by atoms with Crippen molar-refractivity contribution in [1.29, 1.82) is 0 Å². The van der Waals surface area contributed by atoms with Crippen molar-refractivity contribution in [2.24, 2.45) is 11.8 Å². The van der Waals surface area contributed by atoms with Crippen LogP contribution in [0.15, 0.2) is 0 Å². The fourth-order valence-electron chi connectivity index (χ4n) is 3.22. The predicted octanol–water partition coefficient (Wildman–Crippen LogP) is 3.67. The highest BCUT2D eigenvalue weighted by Crippen LogP contribution is 2.27. The van der Waals surface area contributed by atoms with Gasteiger partial charge in [-0.15, -0.1) is 0 Å². The SMILES string of the molecule is CC(C)CCN(CCNC1CCC(C)CC1)C1CC1. The Hall–Kier alpha value is -0.0800. The summed E-state index contributed by atoms with van der Waals surface area (Å²) in [6, 6.07) is 1.73. The summed E-state index contributed by atoms with van der Waals surface area (Å²) in [4.78, 5) is 2.73. The van der Waals surface area contributed by atoms with Crippen molar-refractivity contribution in [2.75, 3.05) is 19.6 Å². The van der Waals surface area contributed by atoms with Crippen LogP contribution in [0.25, 0.3) is 0 Å². The molecule has 0 amide bonds. The van der Waals surface area contributed by atoms with Gasteiger partial charge in [0.15, 0.2) is 0 Å². The third kappa shape index (κ3) is 5.83. The van der Waals surface area contributed by atoms with Crippen molar-refractivity contribution in [3.63, 3.8) is 0 Å². The number of nitrogens with one attached hydrogen (secondary N) is 1. The Balaban J connectivity index is 1.59. The molecule has 0 atom stereocenters. The van der Waals surface area contributed by atoms with Crippen LogP contribution in [-0.4, -0.2) is 36.6 Å². The van der Waals surface area contributed by atoms with Crippen LogP contribution < -0.4 is 5.32 Å². The van der Waals surface area contributed by atoms with Gasteiger partial charge in [-0.05, 0) is 63.3 Å². The second-order valence-electron chi connectivity index (χ2n) is 7.36.